The number of carbonyl (C=O) groups excluding carboxylic acids is 1. The van der Waals surface area contributed by atoms with E-state index in [4.69, 9.17) is 5.11 Å². The molecular formula is C14H21NO4S. The number of benzene rings is 1. The fourth-order valence-electron chi connectivity index (χ4n) is 1.86. The van der Waals surface area contributed by atoms with E-state index in [1.54, 1.807) is 0 Å². The molecule has 0 fully saturated rings. The Morgan fingerprint density at radius 3 is 2.25 bits per heavy atom. The molecule has 0 aliphatic carbocycles. The minimum absolute atomic E-state index is 0.0427. The normalized spacial score (nSPS) is 11.8. The van der Waals surface area contributed by atoms with Gasteiger partial charge in [0.2, 0.25) is 10.0 Å². The maximum Gasteiger partial charge on any atom is 0.243 e. The molecule has 0 unspecified atom stereocenters. The van der Waals surface area contributed by atoms with Crippen LogP contribution in [-0.4, -0.2) is 43.3 Å². The van der Waals surface area contributed by atoms with Gasteiger partial charge in [0.25, 0.3) is 0 Å². The number of ketones is 1. The highest BCUT2D eigenvalue weighted by molar-refractivity contribution is 7.89. The molecule has 1 N–H and O–H groups in total. The van der Waals surface area contributed by atoms with E-state index < -0.39 is 10.0 Å². The molecule has 0 spiro atoms. The molecule has 20 heavy (non-hydrogen) atoms. The lowest BCUT2D eigenvalue weighted by molar-refractivity contribution is 0.101. The fourth-order valence-corrected chi connectivity index (χ4v) is 3.43. The molecule has 0 atom stereocenters. The summed E-state index contributed by atoms with van der Waals surface area (Å²) in [5, 5.41) is 8.86. The molecule has 6 heteroatoms. The van der Waals surface area contributed by atoms with Gasteiger partial charge in [-0.1, -0.05) is 19.1 Å². The van der Waals surface area contributed by atoms with Gasteiger partial charge in [-0.05, 0) is 31.9 Å². The van der Waals surface area contributed by atoms with E-state index >= 15 is 0 Å². The Labute approximate surface area is 120 Å². The first-order chi connectivity index (χ1) is 9.43. The number of hydrogen-bond acceptors (Lipinski definition) is 4. The molecule has 1 aromatic rings. The second kappa shape index (κ2) is 7.52. The molecule has 0 radical (unpaired) electrons. The minimum atomic E-state index is -3.57. The molecular weight excluding hydrogens is 278 g/mol. The van der Waals surface area contributed by atoms with E-state index in [2.05, 4.69) is 0 Å². The Balaban J connectivity index is 3.02. The number of rotatable bonds is 8. The van der Waals surface area contributed by atoms with Crippen molar-refractivity contribution in [2.75, 3.05) is 19.7 Å². The Morgan fingerprint density at radius 2 is 1.80 bits per heavy atom. The van der Waals surface area contributed by atoms with Gasteiger partial charge < -0.3 is 5.11 Å². The summed E-state index contributed by atoms with van der Waals surface area (Å²) in [5.41, 5.74) is 0.487. The summed E-state index contributed by atoms with van der Waals surface area (Å²) < 4.78 is 26.3. The number of hydrogen-bond donors (Lipinski definition) is 1. The Bertz CT molecular complexity index is 537. The summed E-state index contributed by atoms with van der Waals surface area (Å²) in [7, 11) is -3.57. The molecule has 1 rings (SSSR count). The molecule has 0 heterocycles. The summed E-state index contributed by atoms with van der Waals surface area (Å²) in [6.07, 6.45) is 1.11. The highest BCUT2D eigenvalue weighted by atomic mass is 32.2. The van der Waals surface area contributed by atoms with Crippen molar-refractivity contribution < 1.29 is 18.3 Å². The van der Waals surface area contributed by atoms with Gasteiger partial charge in [0.15, 0.2) is 5.78 Å². The van der Waals surface area contributed by atoms with Crippen LogP contribution in [0.2, 0.25) is 0 Å². The van der Waals surface area contributed by atoms with E-state index in [0.717, 1.165) is 0 Å². The van der Waals surface area contributed by atoms with Crippen LogP contribution in [0, 0.1) is 0 Å². The van der Waals surface area contributed by atoms with Gasteiger partial charge >= 0.3 is 0 Å². The smallest absolute Gasteiger partial charge is 0.243 e. The molecule has 0 bridgehead atoms. The van der Waals surface area contributed by atoms with E-state index in [1.807, 2.05) is 6.92 Å². The van der Waals surface area contributed by atoms with Crippen LogP contribution in [0.3, 0.4) is 0 Å². The van der Waals surface area contributed by atoms with Gasteiger partial charge in [-0.3, -0.25) is 4.79 Å². The summed E-state index contributed by atoms with van der Waals surface area (Å²) in [6.45, 7) is 4.01. The summed E-state index contributed by atoms with van der Waals surface area (Å²) in [5.74, 6) is -0.0976. The van der Waals surface area contributed by atoms with Crippen molar-refractivity contribution in [2.45, 2.75) is 31.6 Å². The van der Waals surface area contributed by atoms with Crippen molar-refractivity contribution in [3.63, 3.8) is 0 Å². The minimum Gasteiger partial charge on any atom is -0.396 e. The number of sulfonamides is 1. The maximum absolute atomic E-state index is 12.5. The molecule has 0 saturated carbocycles. The van der Waals surface area contributed by atoms with Crippen LogP contribution in [0.5, 0.6) is 0 Å². The van der Waals surface area contributed by atoms with Gasteiger partial charge in [0.1, 0.15) is 0 Å². The summed E-state index contributed by atoms with van der Waals surface area (Å²) >= 11 is 0. The Hall–Kier alpha value is -1.24. The molecule has 112 valence electrons. The van der Waals surface area contributed by atoms with Crippen molar-refractivity contribution in [3.8, 4) is 0 Å². The third-order valence-corrected chi connectivity index (χ3v) is 4.85. The van der Waals surface area contributed by atoms with Crippen molar-refractivity contribution in [2.24, 2.45) is 0 Å². The molecule has 0 aromatic heterocycles. The average molecular weight is 299 g/mol. The lowest BCUT2D eigenvalue weighted by Gasteiger charge is -2.21. The lowest BCUT2D eigenvalue weighted by Crippen LogP contribution is -2.33. The number of Topliss-reactive ketones (excluding diaryl/α,β-unsaturated/α-hetero) is 1. The van der Waals surface area contributed by atoms with Crippen LogP contribution in [0.25, 0.3) is 0 Å². The number of aliphatic hydroxyl groups excluding tert-OH is 1. The fraction of sp³-hybridized carbons (Fsp3) is 0.500. The Kier molecular flexibility index (Phi) is 6.32. The first-order valence-electron chi connectivity index (χ1n) is 6.65. The van der Waals surface area contributed by atoms with Crippen LogP contribution >= 0.6 is 0 Å². The van der Waals surface area contributed by atoms with Crippen LogP contribution in [0.1, 0.15) is 37.0 Å². The number of aliphatic hydroxyl groups is 1. The SMILES string of the molecule is CCCN(CCCO)S(=O)(=O)c1ccc(C(C)=O)cc1. The average Bonchev–Trinajstić information content (AvgIpc) is 2.43. The van der Waals surface area contributed by atoms with Gasteiger partial charge in [0.05, 0.1) is 4.90 Å². The van der Waals surface area contributed by atoms with E-state index in [1.165, 1.54) is 35.5 Å². The Morgan fingerprint density at radius 1 is 1.20 bits per heavy atom. The number of nitrogens with zero attached hydrogens (tertiary/aromatic N) is 1. The van der Waals surface area contributed by atoms with Gasteiger partial charge in [-0.15, -0.1) is 0 Å². The van der Waals surface area contributed by atoms with Crippen molar-refractivity contribution >= 4 is 15.8 Å². The maximum atomic E-state index is 12.5. The standard InChI is InChI=1S/C14H21NO4S/c1-3-9-15(10-4-11-16)20(18,19)14-7-5-13(6-8-14)12(2)17/h5-8,16H,3-4,9-11H2,1-2H3. The highest BCUT2D eigenvalue weighted by Gasteiger charge is 2.23. The summed E-state index contributed by atoms with van der Waals surface area (Å²) in [4.78, 5) is 11.4. The zero-order chi connectivity index (χ0) is 15.2. The zero-order valence-electron chi connectivity index (χ0n) is 11.9. The van der Waals surface area contributed by atoms with Crippen LogP contribution in [0.4, 0.5) is 0 Å². The largest absolute Gasteiger partial charge is 0.396 e. The molecule has 5 nitrogen and oxygen atoms in total. The van der Waals surface area contributed by atoms with E-state index in [9.17, 15) is 13.2 Å². The predicted octanol–water partition coefficient (Wildman–Crippen LogP) is 1.67. The summed E-state index contributed by atoms with van der Waals surface area (Å²) in [6, 6.07) is 5.94. The lowest BCUT2D eigenvalue weighted by atomic mass is 10.2. The van der Waals surface area contributed by atoms with Gasteiger partial charge in [-0.2, -0.15) is 4.31 Å². The second-order valence-electron chi connectivity index (χ2n) is 4.56. The highest BCUT2D eigenvalue weighted by Crippen LogP contribution is 2.17. The van der Waals surface area contributed by atoms with Crippen LogP contribution < -0.4 is 0 Å². The van der Waals surface area contributed by atoms with Crippen molar-refractivity contribution in [1.82, 2.24) is 4.31 Å². The first-order valence-corrected chi connectivity index (χ1v) is 8.09. The molecule has 0 saturated heterocycles. The monoisotopic (exact) mass is 299 g/mol. The second-order valence-corrected chi connectivity index (χ2v) is 6.50. The number of carbonyl (C=O) groups is 1. The first kappa shape index (κ1) is 16.8. The van der Waals surface area contributed by atoms with E-state index in [-0.39, 0.29) is 17.3 Å². The molecule has 0 amide bonds. The van der Waals surface area contributed by atoms with Crippen molar-refractivity contribution in [3.05, 3.63) is 29.8 Å². The molecule has 0 aliphatic rings. The van der Waals surface area contributed by atoms with Gasteiger partial charge in [-0.25, -0.2) is 8.42 Å². The molecule has 1 aromatic carbocycles. The van der Waals surface area contributed by atoms with Crippen LogP contribution in [-0.2, 0) is 10.0 Å². The quantitative estimate of drug-likeness (QED) is 0.741. The van der Waals surface area contributed by atoms with Crippen LogP contribution in [0.15, 0.2) is 29.2 Å². The van der Waals surface area contributed by atoms with Crippen molar-refractivity contribution in [1.29, 1.82) is 0 Å². The van der Waals surface area contributed by atoms with E-state index in [0.29, 0.717) is 31.5 Å². The topological polar surface area (TPSA) is 74.7 Å². The third-order valence-electron chi connectivity index (χ3n) is 2.94. The predicted molar refractivity (Wildman–Crippen MR) is 77.2 cm³/mol. The van der Waals surface area contributed by atoms with Gasteiger partial charge in [0, 0.05) is 25.3 Å². The zero-order valence-corrected chi connectivity index (χ0v) is 12.7. The third kappa shape index (κ3) is 4.13. The molecule has 0 aliphatic heterocycles.